The molecule has 0 radical (unpaired) electrons. The van der Waals surface area contributed by atoms with E-state index in [9.17, 15) is 24.0 Å². The molecule has 2 unspecified atom stereocenters. The largest absolute Gasteiger partial charge is 0.457 e. The van der Waals surface area contributed by atoms with E-state index in [-0.39, 0.29) is 24.9 Å². The van der Waals surface area contributed by atoms with Gasteiger partial charge in [0.05, 0.1) is 22.6 Å². The molecule has 3 N–H and O–H groups in total. The molecule has 364 valence electrons. The molecule has 0 spiro atoms. The Morgan fingerprint density at radius 1 is 0.729 bits per heavy atom. The van der Waals surface area contributed by atoms with Crippen molar-refractivity contribution in [3.63, 3.8) is 0 Å². The summed E-state index contributed by atoms with van der Waals surface area (Å²) in [6.07, 6.45) is 8.83. The Hall–Kier alpha value is -6.92. The van der Waals surface area contributed by atoms with Gasteiger partial charge >= 0.3 is 6.03 Å². The number of nitrogens with zero attached hydrogens (tertiary/aromatic N) is 10. The van der Waals surface area contributed by atoms with Crippen molar-refractivity contribution < 1.29 is 28.7 Å². The molecule has 2 atom stereocenters. The summed E-state index contributed by atoms with van der Waals surface area (Å²) in [5.41, 5.74) is 10.4. The van der Waals surface area contributed by atoms with E-state index >= 15 is 0 Å². The zero-order valence-electron chi connectivity index (χ0n) is 39.5. The van der Waals surface area contributed by atoms with E-state index in [1.165, 1.54) is 6.33 Å². The maximum atomic E-state index is 13.8. The monoisotopic (exact) mass is 948 g/mol. The first-order valence-electron chi connectivity index (χ1n) is 25.1. The van der Waals surface area contributed by atoms with E-state index in [1.54, 1.807) is 12.1 Å². The Labute approximate surface area is 406 Å². The lowest BCUT2D eigenvalue weighted by Crippen LogP contribution is -2.54. The Kier molecular flexibility index (Phi) is 12.7. The molecule has 11 rings (SSSR count). The molecule has 0 aliphatic carbocycles. The van der Waals surface area contributed by atoms with Crippen molar-refractivity contribution in [2.75, 3.05) is 82.6 Å². The van der Waals surface area contributed by atoms with Crippen LogP contribution in [-0.4, -0.2) is 158 Å². The number of nitrogens with one attached hydrogen (secondary N) is 1. The Balaban J connectivity index is 0.625. The molecule has 70 heavy (non-hydrogen) atoms. The van der Waals surface area contributed by atoms with E-state index in [1.807, 2.05) is 60.7 Å². The number of anilines is 2. The molecule has 6 amide bonds. The number of aromatic nitrogens is 4. The number of hydrogen-bond acceptors (Lipinski definition) is 13. The fraction of sp³-hybridized carbons (Fsp3) is 0.462. The van der Waals surface area contributed by atoms with Gasteiger partial charge < -0.3 is 25.2 Å². The average molecular weight is 949 g/mol. The molecule has 5 saturated heterocycles. The van der Waals surface area contributed by atoms with Gasteiger partial charge in [-0.3, -0.25) is 39.2 Å². The zero-order valence-corrected chi connectivity index (χ0v) is 39.5. The molecule has 0 saturated carbocycles. The van der Waals surface area contributed by atoms with Crippen LogP contribution in [0, 0.1) is 5.92 Å². The minimum Gasteiger partial charge on any atom is -0.457 e. The molecular formula is C52H60N12O6. The van der Waals surface area contributed by atoms with Crippen molar-refractivity contribution in [2.45, 2.75) is 75.9 Å². The van der Waals surface area contributed by atoms with Crippen LogP contribution in [0.3, 0.4) is 0 Å². The number of rotatable bonds is 10. The van der Waals surface area contributed by atoms with Crippen LogP contribution in [0.1, 0.15) is 84.5 Å². The minimum atomic E-state index is -0.974. The van der Waals surface area contributed by atoms with E-state index in [4.69, 9.17) is 20.6 Å². The van der Waals surface area contributed by atoms with E-state index in [2.05, 4.69) is 39.5 Å². The van der Waals surface area contributed by atoms with Crippen molar-refractivity contribution >= 4 is 52.2 Å². The molecule has 18 nitrogen and oxygen atoms in total. The quantitative estimate of drug-likeness (QED) is 0.169. The maximum absolute atomic E-state index is 13.8. The molecule has 0 bridgehead atoms. The predicted octanol–water partition coefficient (Wildman–Crippen LogP) is 5.41. The number of amides is 6. The van der Waals surface area contributed by atoms with E-state index in [0.717, 1.165) is 161 Å². The molecular weight excluding hydrogens is 889 g/mol. The third kappa shape index (κ3) is 9.05. The maximum Gasteiger partial charge on any atom is 0.319 e. The number of piperidine rings is 4. The predicted molar refractivity (Wildman–Crippen MR) is 262 cm³/mol. The Bertz CT molecular complexity index is 2780. The van der Waals surface area contributed by atoms with Gasteiger partial charge in [0.2, 0.25) is 11.8 Å². The van der Waals surface area contributed by atoms with Crippen LogP contribution >= 0.6 is 0 Å². The highest BCUT2D eigenvalue weighted by atomic mass is 16.5. The van der Waals surface area contributed by atoms with Crippen LogP contribution in [0.4, 0.5) is 16.3 Å². The van der Waals surface area contributed by atoms with Gasteiger partial charge in [0, 0.05) is 82.6 Å². The third-order valence-electron chi connectivity index (χ3n) is 15.5. The topological polar surface area (TPSA) is 196 Å². The SMILES string of the molecule is Nc1ncnc2c1c(-c1ccc(Oc3ccccc3)cc1)nn2C1CCCN(C2CCN(C(=O)N3CCC(CCN4CCN(c5ccc6c(c5)C(=O)N(C5CCC(=O)NC5=O)C6=O)CC4)CC3)CC2)C1. The number of carbonyl (C=O) groups is 5. The summed E-state index contributed by atoms with van der Waals surface area (Å²) in [4.78, 5) is 86.1. The van der Waals surface area contributed by atoms with Gasteiger partial charge in [-0.25, -0.2) is 19.4 Å². The lowest BCUT2D eigenvalue weighted by molar-refractivity contribution is -0.136. The van der Waals surface area contributed by atoms with Crippen molar-refractivity contribution in [3.05, 3.63) is 90.3 Å². The number of carbonyl (C=O) groups excluding carboxylic acids is 5. The van der Waals surface area contributed by atoms with Gasteiger partial charge in [0.15, 0.2) is 5.65 Å². The fourth-order valence-corrected chi connectivity index (χ4v) is 11.6. The number of nitrogens with two attached hydrogens (primary N) is 1. The van der Waals surface area contributed by atoms with Gasteiger partial charge in [0.25, 0.3) is 11.8 Å². The highest BCUT2D eigenvalue weighted by Crippen LogP contribution is 2.37. The smallest absolute Gasteiger partial charge is 0.319 e. The second-order valence-corrected chi connectivity index (χ2v) is 19.7. The summed E-state index contributed by atoms with van der Waals surface area (Å²) in [5, 5.41) is 8.20. The number of likely N-dealkylation sites (tertiary alicyclic amines) is 3. The van der Waals surface area contributed by atoms with E-state index in [0.29, 0.717) is 28.9 Å². The van der Waals surface area contributed by atoms with Gasteiger partial charge in [-0.15, -0.1) is 0 Å². The molecule has 8 heterocycles. The molecule has 3 aromatic carbocycles. The summed E-state index contributed by atoms with van der Waals surface area (Å²) < 4.78 is 8.11. The van der Waals surface area contributed by atoms with Gasteiger partial charge in [-0.2, -0.15) is 5.10 Å². The summed E-state index contributed by atoms with van der Waals surface area (Å²) in [5.74, 6) is 0.542. The van der Waals surface area contributed by atoms with Crippen LogP contribution in [0.2, 0.25) is 0 Å². The highest BCUT2D eigenvalue weighted by molar-refractivity contribution is 6.23. The van der Waals surface area contributed by atoms with Crippen LogP contribution in [0.25, 0.3) is 22.3 Å². The lowest BCUT2D eigenvalue weighted by atomic mass is 9.93. The Morgan fingerprint density at radius 3 is 2.19 bits per heavy atom. The summed E-state index contributed by atoms with van der Waals surface area (Å²) in [7, 11) is 0. The van der Waals surface area contributed by atoms with Crippen molar-refractivity contribution in [2.24, 2.45) is 5.92 Å². The number of nitrogen functional groups attached to an aromatic ring is 1. The minimum absolute atomic E-state index is 0.0918. The average Bonchev–Trinajstić information content (AvgIpc) is 3.91. The standard InChI is InChI=1S/C52H60N12O6/c53-47-45-46(35-8-11-40(12-9-35)70-39-6-2-1-3-7-39)57-64(48(45)55-33-54-47)38-5-4-21-62(32-38)36-19-25-61(26-20-36)52(69)60-23-17-34(18-24-60)16-22-58-27-29-59(30-28-58)37-10-13-41-42(31-37)51(68)63(50(41)67)43-14-15-44(65)56-49(43)66/h1-3,6-13,31,33-34,36,38,43H,4-5,14-30,32H2,(H2,53,54,55)(H,56,65,66). The highest BCUT2D eigenvalue weighted by Gasteiger charge is 2.45. The summed E-state index contributed by atoms with van der Waals surface area (Å²) >= 11 is 0. The molecule has 2 aromatic heterocycles. The molecule has 6 aliphatic rings. The number of para-hydroxylation sites is 1. The van der Waals surface area contributed by atoms with Crippen LogP contribution < -0.4 is 20.7 Å². The van der Waals surface area contributed by atoms with E-state index < -0.39 is 29.7 Å². The fourth-order valence-electron chi connectivity index (χ4n) is 11.6. The summed E-state index contributed by atoms with van der Waals surface area (Å²) in [6, 6.07) is 22.7. The molecule has 5 fully saturated rings. The number of hydrogen-bond donors (Lipinski definition) is 2. The van der Waals surface area contributed by atoms with Gasteiger partial charge in [-0.05, 0) is 125 Å². The second-order valence-electron chi connectivity index (χ2n) is 19.7. The van der Waals surface area contributed by atoms with Crippen LogP contribution in [-0.2, 0) is 9.59 Å². The number of imide groups is 2. The number of benzene rings is 3. The van der Waals surface area contributed by atoms with Crippen LogP contribution in [0.5, 0.6) is 11.5 Å². The van der Waals surface area contributed by atoms with Crippen LogP contribution in [0.15, 0.2) is 79.1 Å². The third-order valence-corrected chi connectivity index (χ3v) is 15.5. The number of urea groups is 1. The number of fused-ring (bicyclic) bond motifs is 2. The van der Waals surface area contributed by atoms with Gasteiger partial charge in [0.1, 0.15) is 35.4 Å². The van der Waals surface area contributed by atoms with Crippen molar-refractivity contribution in [1.82, 2.24) is 49.6 Å². The first kappa shape index (κ1) is 45.5. The molecule has 6 aliphatic heterocycles. The lowest BCUT2D eigenvalue weighted by Gasteiger charge is -2.43. The second kappa shape index (κ2) is 19.5. The van der Waals surface area contributed by atoms with Crippen molar-refractivity contribution in [1.29, 1.82) is 0 Å². The zero-order chi connectivity index (χ0) is 47.9. The normalized spacial score (nSPS) is 22.2. The van der Waals surface area contributed by atoms with Crippen molar-refractivity contribution in [3.8, 4) is 22.8 Å². The van der Waals surface area contributed by atoms with Gasteiger partial charge in [-0.1, -0.05) is 18.2 Å². The first-order chi connectivity index (χ1) is 34.1. The number of piperazine rings is 1. The molecule has 18 heteroatoms. The number of ether oxygens (including phenoxy) is 1. The summed E-state index contributed by atoms with van der Waals surface area (Å²) in [6.45, 7) is 9.41. The first-order valence-corrected chi connectivity index (χ1v) is 25.1. The Morgan fingerprint density at radius 2 is 1.44 bits per heavy atom. The molecule has 5 aromatic rings.